The molecule has 2 aromatic rings. The molecule has 12 heteroatoms. The Balaban J connectivity index is 1.88. The van der Waals surface area contributed by atoms with Gasteiger partial charge in [0.15, 0.2) is 11.5 Å². The molecular formula is C16H27N6O5P. The van der Waals surface area contributed by atoms with Gasteiger partial charge in [-0.15, -0.1) is 0 Å². The smallest absolute Gasteiger partial charge is 0.330 e. The minimum absolute atomic E-state index is 0.0178. The highest BCUT2D eigenvalue weighted by Crippen LogP contribution is 2.51. The average Bonchev–Trinajstić information content (AvgIpc) is 3.16. The maximum Gasteiger partial charge on any atom is 0.330 e. The molecule has 1 saturated heterocycles. The molecular weight excluding hydrogens is 387 g/mol. The van der Waals surface area contributed by atoms with Gasteiger partial charge in [-0.25, -0.2) is 4.98 Å². The van der Waals surface area contributed by atoms with Crippen LogP contribution in [0, 0.1) is 0 Å². The lowest BCUT2D eigenvalue weighted by molar-refractivity contribution is -0.0705. The Bertz CT molecular complexity index is 888. The normalized spacial score (nSPS) is 25.0. The van der Waals surface area contributed by atoms with Crippen LogP contribution in [0.4, 0.5) is 11.8 Å². The molecule has 2 unspecified atom stereocenters. The summed E-state index contributed by atoms with van der Waals surface area (Å²) in [4.78, 5) is 22.5. The first kappa shape index (κ1) is 20.9. The number of ether oxygens (including phenoxy) is 2. The summed E-state index contributed by atoms with van der Waals surface area (Å²) in [6.45, 7) is 7.31. The number of aromatic nitrogens is 4. The number of imidazole rings is 1. The molecule has 3 heterocycles. The Labute approximate surface area is 162 Å². The highest BCUT2D eigenvalue weighted by molar-refractivity contribution is 7.53. The molecule has 5 N–H and O–H groups in total. The van der Waals surface area contributed by atoms with E-state index in [9.17, 15) is 9.46 Å². The van der Waals surface area contributed by atoms with Crippen molar-refractivity contribution in [2.45, 2.75) is 64.3 Å². The van der Waals surface area contributed by atoms with Crippen molar-refractivity contribution in [3.63, 3.8) is 0 Å². The zero-order valence-corrected chi connectivity index (χ0v) is 17.2. The van der Waals surface area contributed by atoms with Gasteiger partial charge in [0.1, 0.15) is 17.8 Å². The molecule has 3 rings (SSSR count). The molecule has 2 aromatic heterocycles. The topological polar surface area (TPSA) is 161 Å². The lowest BCUT2D eigenvalue weighted by Crippen LogP contribution is -2.30. The van der Waals surface area contributed by atoms with Gasteiger partial charge >= 0.3 is 7.60 Å². The van der Waals surface area contributed by atoms with Gasteiger partial charge in [-0.3, -0.25) is 9.13 Å². The zero-order chi connectivity index (χ0) is 20.6. The van der Waals surface area contributed by atoms with E-state index in [1.54, 1.807) is 18.4 Å². The molecule has 1 aliphatic heterocycles. The van der Waals surface area contributed by atoms with E-state index < -0.39 is 31.7 Å². The Kier molecular flexibility index (Phi) is 5.92. The molecule has 11 nitrogen and oxygen atoms in total. The summed E-state index contributed by atoms with van der Waals surface area (Å²) in [5.74, 6) is 0.198. The van der Waals surface area contributed by atoms with Crippen LogP contribution >= 0.6 is 7.60 Å². The second kappa shape index (κ2) is 7.92. The van der Waals surface area contributed by atoms with E-state index in [0.29, 0.717) is 17.6 Å². The van der Waals surface area contributed by atoms with Gasteiger partial charge < -0.3 is 30.4 Å². The second-order valence-electron chi connectivity index (χ2n) is 7.34. The van der Waals surface area contributed by atoms with Gasteiger partial charge in [0.2, 0.25) is 5.95 Å². The highest BCUT2D eigenvalue weighted by Gasteiger charge is 2.42. The van der Waals surface area contributed by atoms with E-state index in [1.807, 2.05) is 13.8 Å². The Morgan fingerprint density at radius 2 is 2.07 bits per heavy atom. The summed E-state index contributed by atoms with van der Waals surface area (Å²) < 4.78 is 31.4. The average molecular weight is 414 g/mol. The quantitative estimate of drug-likeness (QED) is 0.568. The summed E-state index contributed by atoms with van der Waals surface area (Å²) in [5.41, 5.74) is 11.9. The number of nitrogen functional groups attached to an aromatic ring is 2. The summed E-state index contributed by atoms with van der Waals surface area (Å²) in [6, 6.07) is 0. The molecule has 0 aliphatic carbocycles. The number of hydrogen-bond donors (Lipinski definition) is 3. The zero-order valence-electron chi connectivity index (χ0n) is 16.3. The van der Waals surface area contributed by atoms with Gasteiger partial charge in [-0.1, -0.05) is 13.8 Å². The summed E-state index contributed by atoms with van der Waals surface area (Å²) in [7, 11) is -3.79. The molecule has 28 heavy (non-hydrogen) atoms. The van der Waals surface area contributed by atoms with Gasteiger partial charge in [-0.2, -0.15) is 9.97 Å². The maximum absolute atomic E-state index is 12.4. The Hall–Kier alpha value is -1.78. The largest absolute Gasteiger partial charge is 0.382 e. The number of anilines is 2. The van der Waals surface area contributed by atoms with E-state index in [4.69, 9.17) is 25.5 Å². The van der Waals surface area contributed by atoms with Gasteiger partial charge in [0.05, 0.1) is 30.8 Å². The lowest BCUT2D eigenvalue weighted by Gasteiger charge is -2.24. The first-order valence-corrected chi connectivity index (χ1v) is 10.8. The van der Waals surface area contributed by atoms with Gasteiger partial charge in [0.25, 0.3) is 0 Å². The fourth-order valence-corrected chi connectivity index (χ4v) is 3.75. The molecule has 4 atom stereocenters. The molecule has 0 amide bonds. The highest BCUT2D eigenvalue weighted by atomic mass is 31.2. The van der Waals surface area contributed by atoms with Crippen LogP contribution in [0.15, 0.2) is 6.33 Å². The summed E-state index contributed by atoms with van der Waals surface area (Å²) >= 11 is 0. The van der Waals surface area contributed by atoms with Crippen LogP contribution in [-0.2, 0) is 18.6 Å². The van der Waals surface area contributed by atoms with Crippen molar-refractivity contribution < 1.29 is 23.5 Å². The number of nitrogens with two attached hydrogens (primary N) is 2. The molecule has 0 saturated carbocycles. The maximum atomic E-state index is 12.4. The van der Waals surface area contributed by atoms with Crippen LogP contribution in [-0.4, -0.2) is 55.0 Å². The number of fused-ring (bicyclic) bond motifs is 1. The van der Waals surface area contributed by atoms with Crippen LogP contribution in [0.1, 0.15) is 40.3 Å². The van der Waals surface area contributed by atoms with E-state index >= 15 is 0 Å². The van der Waals surface area contributed by atoms with E-state index in [1.165, 1.54) is 6.33 Å². The first-order chi connectivity index (χ1) is 13.1. The van der Waals surface area contributed by atoms with Crippen LogP contribution in [0.25, 0.3) is 11.2 Å². The third-order valence-corrected chi connectivity index (χ3v) is 6.37. The van der Waals surface area contributed by atoms with Crippen molar-refractivity contribution in [3.8, 4) is 0 Å². The predicted octanol–water partition coefficient (Wildman–Crippen LogP) is 1.68. The Morgan fingerprint density at radius 3 is 2.71 bits per heavy atom. The molecule has 156 valence electrons. The van der Waals surface area contributed by atoms with Crippen molar-refractivity contribution in [2.75, 3.05) is 18.1 Å². The SMILES string of the molecule is CC(C)OC[C@H]1O[C@@H](n2cnc3c(N)nc(N)nc32)CC1OP(=O)(O)C(C)C. The van der Waals surface area contributed by atoms with Gasteiger partial charge in [0, 0.05) is 6.42 Å². The van der Waals surface area contributed by atoms with Crippen molar-refractivity contribution in [3.05, 3.63) is 6.33 Å². The second-order valence-corrected chi connectivity index (χ2v) is 9.71. The number of rotatable bonds is 7. The third-order valence-electron chi connectivity index (χ3n) is 4.49. The Morgan fingerprint density at radius 1 is 1.36 bits per heavy atom. The van der Waals surface area contributed by atoms with Crippen LogP contribution in [0.2, 0.25) is 0 Å². The van der Waals surface area contributed by atoms with Crippen molar-refractivity contribution >= 4 is 30.5 Å². The van der Waals surface area contributed by atoms with Gasteiger partial charge in [-0.05, 0) is 13.8 Å². The van der Waals surface area contributed by atoms with Crippen LogP contribution < -0.4 is 11.5 Å². The van der Waals surface area contributed by atoms with Crippen molar-refractivity contribution in [2.24, 2.45) is 0 Å². The third kappa shape index (κ3) is 4.28. The number of hydrogen-bond acceptors (Lipinski definition) is 9. The fraction of sp³-hybridized carbons (Fsp3) is 0.688. The van der Waals surface area contributed by atoms with Crippen LogP contribution in [0.5, 0.6) is 0 Å². The standard InChI is InChI=1S/C16H27N6O5P/c1-8(2)25-6-11-10(27-28(23,24)9(3)4)5-12(26-11)22-7-19-13-14(17)20-16(18)21-15(13)22/h7-12H,5-6H2,1-4H3,(H,23,24)(H4,17,18,20,21)/t10?,11-,12-/m1/s1. The first-order valence-electron chi connectivity index (χ1n) is 9.12. The molecule has 0 bridgehead atoms. The fourth-order valence-electron chi connectivity index (χ4n) is 2.90. The molecule has 0 aromatic carbocycles. The molecule has 0 spiro atoms. The van der Waals surface area contributed by atoms with E-state index in [0.717, 1.165) is 0 Å². The predicted molar refractivity (Wildman–Crippen MR) is 104 cm³/mol. The minimum atomic E-state index is -3.79. The van der Waals surface area contributed by atoms with E-state index in [2.05, 4.69) is 15.0 Å². The van der Waals surface area contributed by atoms with Crippen molar-refractivity contribution in [1.29, 1.82) is 0 Å². The number of nitrogens with zero attached hydrogens (tertiary/aromatic N) is 4. The monoisotopic (exact) mass is 414 g/mol. The molecule has 1 fully saturated rings. The van der Waals surface area contributed by atoms with E-state index in [-0.39, 0.29) is 24.5 Å². The molecule has 1 aliphatic rings. The molecule has 0 radical (unpaired) electrons. The van der Waals surface area contributed by atoms with Crippen LogP contribution in [0.3, 0.4) is 0 Å². The lowest BCUT2D eigenvalue weighted by atomic mass is 10.2. The summed E-state index contributed by atoms with van der Waals surface area (Å²) in [5, 5.41) is 0. The minimum Gasteiger partial charge on any atom is -0.382 e. The van der Waals surface area contributed by atoms with Crippen molar-refractivity contribution in [1.82, 2.24) is 19.5 Å². The summed E-state index contributed by atoms with van der Waals surface area (Å²) in [6.07, 6.45) is 0.145.